The first-order chi connectivity index (χ1) is 9.04. The molecule has 0 aliphatic rings. The quantitative estimate of drug-likeness (QED) is 0.842. The van der Waals surface area contributed by atoms with E-state index in [-0.39, 0.29) is 17.4 Å². The minimum Gasteiger partial charge on any atom is -0.460 e. The molecule has 1 unspecified atom stereocenters. The molecule has 2 aromatic heterocycles. The first-order valence-electron chi connectivity index (χ1n) is 6.11. The van der Waals surface area contributed by atoms with Crippen molar-refractivity contribution < 1.29 is 4.74 Å². The van der Waals surface area contributed by atoms with Crippen LogP contribution < -0.4 is 4.74 Å². The molecule has 19 heavy (non-hydrogen) atoms. The third-order valence-corrected chi connectivity index (χ3v) is 2.59. The third kappa shape index (κ3) is 3.89. The van der Waals surface area contributed by atoms with E-state index in [4.69, 9.17) is 16.3 Å². The van der Waals surface area contributed by atoms with E-state index in [1.807, 2.05) is 6.92 Å². The predicted molar refractivity (Wildman–Crippen MR) is 71.5 cm³/mol. The Hall–Kier alpha value is -1.69. The Balaban J connectivity index is 2.18. The second kappa shape index (κ2) is 5.97. The summed E-state index contributed by atoms with van der Waals surface area (Å²) in [6, 6.07) is 0.233. The largest absolute Gasteiger partial charge is 0.460 e. The van der Waals surface area contributed by atoms with Gasteiger partial charge in [0.25, 0.3) is 0 Å². The Morgan fingerprint density at radius 2 is 2.05 bits per heavy atom. The fourth-order valence-electron chi connectivity index (χ4n) is 1.76. The monoisotopic (exact) mass is 281 g/mol. The lowest BCUT2D eigenvalue weighted by molar-refractivity contribution is 0.177. The van der Waals surface area contributed by atoms with Crippen molar-refractivity contribution >= 4 is 11.6 Å². The van der Waals surface area contributed by atoms with Gasteiger partial charge in [-0.25, -0.2) is 4.98 Å². The van der Waals surface area contributed by atoms with Crippen LogP contribution in [0.4, 0.5) is 0 Å². The maximum atomic E-state index is 5.88. The summed E-state index contributed by atoms with van der Waals surface area (Å²) in [5, 5.41) is 0.102. The van der Waals surface area contributed by atoms with Gasteiger partial charge in [0.15, 0.2) is 0 Å². The zero-order valence-corrected chi connectivity index (χ0v) is 11.9. The first kappa shape index (κ1) is 13.7. The molecular weight excluding hydrogens is 266 g/mol. The number of imidazole rings is 1. The summed E-state index contributed by atoms with van der Waals surface area (Å²) in [5.41, 5.74) is 0. The van der Waals surface area contributed by atoms with E-state index in [1.165, 1.54) is 0 Å². The molecule has 0 spiro atoms. The molecule has 102 valence electrons. The van der Waals surface area contributed by atoms with Crippen LogP contribution in [-0.2, 0) is 0 Å². The van der Waals surface area contributed by atoms with E-state index in [2.05, 4.69) is 33.8 Å². The highest BCUT2D eigenvalue weighted by molar-refractivity contribution is 6.28. The van der Waals surface area contributed by atoms with Gasteiger partial charge in [-0.05, 0) is 30.9 Å². The van der Waals surface area contributed by atoms with Crippen molar-refractivity contribution in [3.05, 3.63) is 24.0 Å². The van der Waals surface area contributed by atoms with E-state index >= 15 is 0 Å². The fourth-order valence-corrected chi connectivity index (χ4v) is 1.91. The van der Waals surface area contributed by atoms with Gasteiger partial charge in [-0.15, -0.1) is 0 Å². The van der Waals surface area contributed by atoms with Gasteiger partial charge in [0.1, 0.15) is 6.33 Å². The molecule has 0 fully saturated rings. The van der Waals surface area contributed by atoms with E-state index in [9.17, 15) is 0 Å². The van der Waals surface area contributed by atoms with Crippen molar-refractivity contribution in [2.75, 3.05) is 0 Å². The Bertz CT molecular complexity index is 529. The highest BCUT2D eigenvalue weighted by Crippen LogP contribution is 2.15. The molecule has 0 N–H and O–H groups in total. The standard InChI is InChI=1S/C12H16ClN5O/c1-8(2)6-9(3)19-12-16-10(13)15-11(17-12)18-5-4-14-7-18/h4-5,7-9H,6H2,1-3H3. The third-order valence-electron chi connectivity index (χ3n) is 2.42. The number of nitrogens with zero attached hydrogens (tertiary/aromatic N) is 5. The zero-order chi connectivity index (χ0) is 13.8. The second-order valence-electron chi connectivity index (χ2n) is 4.71. The molecule has 0 saturated carbocycles. The topological polar surface area (TPSA) is 65.7 Å². The minimum atomic E-state index is 0.0223. The Kier molecular flexibility index (Phi) is 4.31. The van der Waals surface area contributed by atoms with Crippen LogP contribution in [0.15, 0.2) is 18.7 Å². The molecule has 0 radical (unpaired) electrons. The van der Waals surface area contributed by atoms with Crippen LogP contribution in [0.1, 0.15) is 27.2 Å². The highest BCUT2D eigenvalue weighted by Gasteiger charge is 2.12. The van der Waals surface area contributed by atoms with Gasteiger partial charge >= 0.3 is 6.01 Å². The lowest BCUT2D eigenvalue weighted by atomic mass is 10.1. The maximum Gasteiger partial charge on any atom is 0.322 e. The average Bonchev–Trinajstić information content (AvgIpc) is 2.79. The molecule has 6 nitrogen and oxygen atoms in total. The normalized spacial score (nSPS) is 12.7. The smallest absolute Gasteiger partial charge is 0.322 e. The zero-order valence-electron chi connectivity index (χ0n) is 11.1. The number of halogens is 1. The molecule has 0 aliphatic carbocycles. The van der Waals surface area contributed by atoms with E-state index in [0.717, 1.165) is 6.42 Å². The summed E-state index contributed by atoms with van der Waals surface area (Å²) in [4.78, 5) is 16.2. The van der Waals surface area contributed by atoms with Crippen molar-refractivity contribution in [2.24, 2.45) is 5.92 Å². The predicted octanol–water partition coefficient (Wildman–Crippen LogP) is 2.52. The molecule has 1 atom stereocenters. The van der Waals surface area contributed by atoms with Gasteiger partial charge in [0, 0.05) is 12.4 Å². The molecule has 2 rings (SSSR count). The number of hydrogen-bond donors (Lipinski definition) is 0. The average molecular weight is 282 g/mol. The first-order valence-corrected chi connectivity index (χ1v) is 6.49. The van der Waals surface area contributed by atoms with Crippen LogP contribution in [0.2, 0.25) is 5.28 Å². The number of hydrogen-bond acceptors (Lipinski definition) is 5. The van der Waals surface area contributed by atoms with E-state index in [0.29, 0.717) is 11.9 Å². The summed E-state index contributed by atoms with van der Waals surface area (Å²) >= 11 is 5.88. The van der Waals surface area contributed by atoms with Crippen LogP contribution in [0.3, 0.4) is 0 Å². The lowest BCUT2D eigenvalue weighted by Gasteiger charge is -2.15. The second-order valence-corrected chi connectivity index (χ2v) is 5.05. The summed E-state index contributed by atoms with van der Waals surface area (Å²) in [6.45, 7) is 6.25. The Labute approximate surface area is 116 Å². The van der Waals surface area contributed by atoms with Gasteiger partial charge in [-0.2, -0.15) is 15.0 Å². The van der Waals surface area contributed by atoms with Gasteiger partial charge in [-0.1, -0.05) is 13.8 Å². The van der Waals surface area contributed by atoms with Crippen LogP contribution >= 0.6 is 11.6 Å². The summed E-state index contributed by atoms with van der Waals surface area (Å²) in [6.07, 6.45) is 5.90. The lowest BCUT2D eigenvalue weighted by Crippen LogP contribution is -2.17. The molecule has 7 heteroatoms. The van der Waals surface area contributed by atoms with Crippen LogP contribution in [0, 0.1) is 5.92 Å². The number of ether oxygens (including phenoxy) is 1. The summed E-state index contributed by atoms with van der Waals surface area (Å²) < 4.78 is 7.31. The number of rotatable bonds is 5. The molecule has 2 aromatic rings. The van der Waals surface area contributed by atoms with Crippen LogP contribution in [-0.4, -0.2) is 30.6 Å². The van der Waals surface area contributed by atoms with Crippen molar-refractivity contribution in [1.29, 1.82) is 0 Å². The molecule has 0 aromatic carbocycles. The number of aromatic nitrogens is 5. The van der Waals surface area contributed by atoms with E-state index < -0.39 is 0 Å². The molecule has 0 aliphatic heterocycles. The summed E-state index contributed by atoms with van der Waals surface area (Å²) in [7, 11) is 0. The van der Waals surface area contributed by atoms with Crippen LogP contribution in [0.5, 0.6) is 6.01 Å². The van der Waals surface area contributed by atoms with Crippen LogP contribution in [0.25, 0.3) is 5.95 Å². The fraction of sp³-hybridized carbons (Fsp3) is 0.500. The molecule has 0 amide bonds. The Morgan fingerprint density at radius 1 is 1.26 bits per heavy atom. The van der Waals surface area contributed by atoms with Crippen molar-refractivity contribution in [3.63, 3.8) is 0 Å². The molecule has 0 saturated heterocycles. The Morgan fingerprint density at radius 3 is 2.68 bits per heavy atom. The SMILES string of the molecule is CC(C)CC(C)Oc1nc(Cl)nc(-n2ccnc2)n1. The summed E-state index contributed by atoms with van der Waals surface area (Å²) in [5.74, 6) is 0.935. The highest BCUT2D eigenvalue weighted by atomic mass is 35.5. The van der Waals surface area contributed by atoms with Crippen molar-refractivity contribution in [3.8, 4) is 12.0 Å². The van der Waals surface area contributed by atoms with Gasteiger partial charge in [-0.3, -0.25) is 4.57 Å². The van der Waals surface area contributed by atoms with Gasteiger partial charge in [0.05, 0.1) is 6.10 Å². The molecule has 0 bridgehead atoms. The minimum absolute atomic E-state index is 0.0223. The van der Waals surface area contributed by atoms with E-state index in [1.54, 1.807) is 23.3 Å². The molecule has 2 heterocycles. The van der Waals surface area contributed by atoms with Gasteiger partial charge in [0.2, 0.25) is 11.2 Å². The van der Waals surface area contributed by atoms with Gasteiger partial charge < -0.3 is 4.74 Å². The van der Waals surface area contributed by atoms with Crippen molar-refractivity contribution in [2.45, 2.75) is 33.3 Å². The van der Waals surface area contributed by atoms with Crippen molar-refractivity contribution in [1.82, 2.24) is 24.5 Å². The maximum absolute atomic E-state index is 5.88. The molecular formula is C12H16ClN5O.